The van der Waals surface area contributed by atoms with Crippen LogP contribution < -0.4 is 5.32 Å². The Morgan fingerprint density at radius 1 is 1.23 bits per heavy atom. The van der Waals surface area contributed by atoms with Crippen molar-refractivity contribution in [1.29, 1.82) is 0 Å². The molecule has 0 aliphatic heterocycles. The van der Waals surface area contributed by atoms with E-state index in [9.17, 15) is 4.79 Å². The van der Waals surface area contributed by atoms with Crippen LogP contribution in [0.4, 0.5) is 5.82 Å². The van der Waals surface area contributed by atoms with Gasteiger partial charge in [-0.1, -0.05) is 62.6 Å². The Hall–Kier alpha value is -2.55. The molecule has 152 valence electrons. The third kappa shape index (κ3) is 4.77. The Bertz CT molecular complexity index is 1190. The van der Waals surface area contributed by atoms with Gasteiger partial charge in [0.05, 0.1) is 17.6 Å². The molecule has 1 N–H and O–H groups in total. The zero-order chi connectivity index (χ0) is 21.1. The molecule has 2 aromatic carbocycles. The van der Waals surface area contributed by atoms with Gasteiger partial charge in [0.2, 0.25) is 5.91 Å². The van der Waals surface area contributed by atoms with Gasteiger partial charge in [-0.05, 0) is 37.3 Å². The van der Waals surface area contributed by atoms with Crippen LogP contribution in [0, 0.1) is 6.92 Å². The minimum Gasteiger partial charge on any atom is -0.360 e. The standard InChI is InChI=1S/C21H16BrClN4O2S/c1-13-9-19(26-29-13)25-20(28)12-30-21-24-11-18(14-5-7-15(22)8-6-14)27(21)17-4-2-3-16(23)10-17/h2-11H,12H2,1H3,(H,25,26,28). The van der Waals surface area contributed by atoms with E-state index in [1.807, 2.05) is 53.1 Å². The minimum absolute atomic E-state index is 0.170. The first-order valence-corrected chi connectivity index (χ1v) is 11.1. The first-order chi connectivity index (χ1) is 14.5. The van der Waals surface area contributed by atoms with Crippen LogP contribution in [0.2, 0.25) is 5.02 Å². The summed E-state index contributed by atoms with van der Waals surface area (Å²) in [5, 5.41) is 7.80. The van der Waals surface area contributed by atoms with Gasteiger partial charge < -0.3 is 9.84 Å². The number of carbonyl (C=O) groups excluding carboxylic acids is 1. The first-order valence-electron chi connectivity index (χ1n) is 8.95. The fraction of sp³-hybridized carbons (Fsp3) is 0.0952. The molecule has 0 atom stereocenters. The lowest BCUT2D eigenvalue weighted by Gasteiger charge is -2.12. The number of hydrogen-bond acceptors (Lipinski definition) is 5. The van der Waals surface area contributed by atoms with Gasteiger partial charge in [0, 0.05) is 26.8 Å². The number of imidazole rings is 1. The molecule has 4 rings (SSSR count). The van der Waals surface area contributed by atoms with Crippen molar-refractivity contribution in [3.05, 3.63) is 76.0 Å². The minimum atomic E-state index is -0.195. The number of aromatic nitrogens is 3. The summed E-state index contributed by atoms with van der Waals surface area (Å²) in [5.74, 6) is 1.00. The monoisotopic (exact) mass is 502 g/mol. The van der Waals surface area contributed by atoms with Gasteiger partial charge in [-0.15, -0.1) is 0 Å². The number of carbonyl (C=O) groups is 1. The molecule has 2 heterocycles. The zero-order valence-corrected chi connectivity index (χ0v) is 19.0. The highest BCUT2D eigenvalue weighted by Crippen LogP contribution is 2.31. The van der Waals surface area contributed by atoms with Gasteiger partial charge in [0.1, 0.15) is 5.76 Å². The Morgan fingerprint density at radius 3 is 2.73 bits per heavy atom. The van der Waals surface area contributed by atoms with Crippen molar-refractivity contribution >= 4 is 51.0 Å². The lowest BCUT2D eigenvalue weighted by molar-refractivity contribution is -0.113. The van der Waals surface area contributed by atoms with Crippen molar-refractivity contribution in [2.45, 2.75) is 12.1 Å². The van der Waals surface area contributed by atoms with Gasteiger partial charge in [0.15, 0.2) is 11.0 Å². The topological polar surface area (TPSA) is 73.0 Å². The average Bonchev–Trinajstić information content (AvgIpc) is 3.33. The molecule has 0 aliphatic rings. The number of nitrogens with zero attached hydrogens (tertiary/aromatic N) is 3. The molecule has 30 heavy (non-hydrogen) atoms. The number of benzene rings is 2. The van der Waals surface area contributed by atoms with E-state index >= 15 is 0 Å². The molecule has 0 saturated heterocycles. The number of hydrogen-bond donors (Lipinski definition) is 1. The van der Waals surface area contributed by atoms with Crippen molar-refractivity contribution in [2.75, 3.05) is 11.1 Å². The Morgan fingerprint density at radius 2 is 2.03 bits per heavy atom. The molecule has 0 aliphatic carbocycles. The number of nitrogens with one attached hydrogen (secondary N) is 1. The highest BCUT2D eigenvalue weighted by atomic mass is 79.9. The third-order valence-corrected chi connectivity index (χ3v) is 5.88. The molecule has 9 heteroatoms. The lowest BCUT2D eigenvalue weighted by atomic mass is 10.1. The summed E-state index contributed by atoms with van der Waals surface area (Å²) < 4.78 is 7.96. The van der Waals surface area contributed by atoms with Crippen molar-refractivity contribution in [3.8, 4) is 16.9 Å². The molecule has 0 bridgehead atoms. The van der Waals surface area contributed by atoms with Gasteiger partial charge in [-0.2, -0.15) is 0 Å². The molecule has 2 aromatic heterocycles. The predicted octanol–water partition coefficient (Wildman–Crippen LogP) is 5.98. The molecule has 6 nitrogen and oxygen atoms in total. The molecule has 0 unspecified atom stereocenters. The number of thioether (sulfide) groups is 1. The van der Waals surface area contributed by atoms with Crippen molar-refractivity contribution in [3.63, 3.8) is 0 Å². The van der Waals surface area contributed by atoms with Gasteiger partial charge in [-0.3, -0.25) is 9.36 Å². The fourth-order valence-corrected chi connectivity index (χ4v) is 4.10. The summed E-state index contributed by atoms with van der Waals surface area (Å²) in [5.41, 5.74) is 2.77. The Balaban J connectivity index is 1.62. The maximum absolute atomic E-state index is 12.3. The van der Waals surface area contributed by atoms with Crippen LogP contribution in [0.15, 0.2) is 74.9 Å². The smallest absolute Gasteiger partial charge is 0.236 e. The third-order valence-electron chi connectivity index (χ3n) is 4.16. The van der Waals surface area contributed by atoms with Crippen LogP contribution in [0.25, 0.3) is 16.9 Å². The summed E-state index contributed by atoms with van der Waals surface area (Å²) in [6, 6.07) is 17.2. The molecule has 0 fully saturated rings. The van der Waals surface area contributed by atoms with Crippen molar-refractivity contribution in [1.82, 2.24) is 14.7 Å². The van der Waals surface area contributed by atoms with Crippen LogP contribution in [0.5, 0.6) is 0 Å². The normalized spacial score (nSPS) is 10.9. The molecule has 4 aromatic rings. The Kier molecular flexibility index (Phi) is 6.26. The average molecular weight is 504 g/mol. The molecule has 1 amide bonds. The van der Waals surface area contributed by atoms with Gasteiger partial charge in [-0.25, -0.2) is 4.98 Å². The largest absolute Gasteiger partial charge is 0.360 e. The maximum atomic E-state index is 12.3. The predicted molar refractivity (Wildman–Crippen MR) is 122 cm³/mol. The van der Waals surface area contributed by atoms with E-state index in [0.29, 0.717) is 21.8 Å². The van der Waals surface area contributed by atoms with Crippen LogP contribution in [0.3, 0.4) is 0 Å². The van der Waals surface area contributed by atoms with Gasteiger partial charge in [0.25, 0.3) is 0 Å². The molecular weight excluding hydrogens is 488 g/mol. The van der Waals surface area contributed by atoms with E-state index in [1.165, 1.54) is 11.8 Å². The second kappa shape index (κ2) is 9.07. The fourth-order valence-electron chi connectivity index (χ4n) is 2.86. The lowest BCUT2D eigenvalue weighted by Crippen LogP contribution is -2.14. The van der Waals surface area contributed by atoms with E-state index in [4.69, 9.17) is 16.1 Å². The number of amides is 1. The second-order valence-electron chi connectivity index (χ2n) is 6.41. The SMILES string of the molecule is Cc1cc(NC(=O)CSc2ncc(-c3ccc(Br)cc3)n2-c2cccc(Cl)c2)no1. The maximum Gasteiger partial charge on any atom is 0.236 e. The zero-order valence-electron chi connectivity index (χ0n) is 15.8. The quantitative estimate of drug-likeness (QED) is 0.328. The van der Waals surface area contributed by atoms with E-state index in [1.54, 1.807) is 19.2 Å². The molecule has 0 spiro atoms. The van der Waals surface area contributed by atoms with E-state index < -0.39 is 0 Å². The first kappa shape index (κ1) is 20.7. The summed E-state index contributed by atoms with van der Waals surface area (Å²) in [6.45, 7) is 1.77. The van der Waals surface area contributed by atoms with Crippen molar-refractivity contribution in [2.24, 2.45) is 0 Å². The number of aryl methyl sites for hydroxylation is 1. The van der Waals surface area contributed by atoms with Crippen LogP contribution in [0.1, 0.15) is 5.76 Å². The number of anilines is 1. The summed E-state index contributed by atoms with van der Waals surface area (Å²) in [6.07, 6.45) is 1.80. The van der Waals surface area contributed by atoms with E-state index in [2.05, 4.69) is 31.4 Å². The number of halogens is 2. The summed E-state index contributed by atoms with van der Waals surface area (Å²) >= 11 is 11.0. The van der Waals surface area contributed by atoms with E-state index in [0.717, 1.165) is 21.4 Å². The van der Waals surface area contributed by atoms with Crippen LogP contribution in [-0.4, -0.2) is 26.4 Å². The Labute approximate surface area is 190 Å². The second-order valence-corrected chi connectivity index (χ2v) is 8.70. The van der Waals surface area contributed by atoms with Crippen LogP contribution in [-0.2, 0) is 4.79 Å². The highest BCUT2D eigenvalue weighted by molar-refractivity contribution is 9.10. The molecule has 0 radical (unpaired) electrons. The van der Waals surface area contributed by atoms with Gasteiger partial charge >= 0.3 is 0 Å². The molecular formula is C21H16BrClN4O2S. The molecule has 0 saturated carbocycles. The summed E-state index contributed by atoms with van der Waals surface area (Å²) in [7, 11) is 0. The van der Waals surface area contributed by atoms with Crippen molar-refractivity contribution < 1.29 is 9.32 Å². The van der Waals surface area contributed by atoms with E-state index in [-0.39, 0.29) is 11.7 Å². The summed E-state index contributed by atoms with van der Waals surface area (Å²) in [4.78, 5) is 16.9. The van der Waals surface area contributed by atoms with Crippen LogP contribution >= 0.6 is 39.3 Å². The highest BCUT2D eigenvalue weighted by Gasteiger charge is 2.16. The number of rotatable bonds is 6.